The monoisotopic (exact) mass is 402 g/mol. The Morgan fingerprint density at radius 1 is 1.16 bits per heavy atom. The molecule has 0 bridgehead atoms. The molecule has 0 aliphatic carbocycles. The van der Waals surface area contributed by atoms with Gasteiger partial charge in [0.1, 0.15) is 6.10 Å². The molecular weight excluding hydrogens is 388 g/mol. The fourth-order valence-corrected chi connectivity index (χ4v) is 4.91. The molecule has 0 amide bonds. The highest BCUT2D eigenvalue weighted by atomic mass is 79.9. The molecular formula is C15H16Br2OS. The molecule has 0 saturated heterocycles. The lowest BCUT2D eigenvalue weighted by Crippen LogP contribution is -2.00. The number of hydrogen-bond donors (Lipinski definition) is 1. The third-order valence-electron chi connectivity index (χ3n) is 2.92. The Balaban J connectivity index is 2.20. The van der Waals surface area contributed by atoms with Crippen LogP contribution in [0, 0.1) is 5.92 Å². The van der Waals surface area contributed by atoms with Crippen LogP contribution in [0.25, 0.3) is 0 Å². The second-order valence-electron chi connectivity index (χ2n) is 5.02. The lowest BCUT2D eigenvalue weighted by molar-refractivity contribution is 0.220. The van der Waals surface area contributed by atoms with Crippen LogP contribution in [-0.2, 0) is 6.42 Å². The van der Waals surface area contributed by atoms with Gasteiger partial charge in [0, 0.05) is 5.56 Å². The number of aliphatic hydroxyl groups is 1. The number of halogens is 2. The van der Waals surface area contributed by atoms with Gasteiger partial charge in [0.2, 0.25) is 0 Å². The molecule has 1 aromatic carbocycles. The Morgan fingerprint density at radius 3 is 2.26 bits per heavy atom. The number of rotatable bonds is 4. The average Bonchev–Trinajstić information content (AvgIpc) is 2.68. The predicted octanol–water partition coefficient (Wildman–Crippen LogP) is 5.55. The third kappa shape index (κ3) is 3.91. The molecule has 1 atom stereocenters. The molecule has 0 saturated carbocycles. The zero-order valence-corrected chi connectivity index (χ0v) is 14.8. The topological polar surface area (TPSA) is 20.2 Å². The Morgan fingerprint density at radius 2 is 1.79 bits per heavy atom. The largest absolute Gasteiger partial charge is 0.384 e. The van der Waals surface area contributed by atoms with Gasteiger partial charge in [0.15, 0.2) is 0 Å². The molecule has 1 N–H and O–H groups in total. The van der Waals surface area contributed by atoms with E-state index in [9.17, 15) is 5.11 Å². The van der Waals surface area contributed by atoms with Crippen LogP contribution in [0.1, 0.15) is 36.6 Å². The maximum atomic E-state index is 10.4. The van der Waals surface area contributed by atoms with Crippen LogP contribution in [0.3, 0.4) is 0 Å². The first-order valence-corrected chi connectivity index (χ1v) is 8.59. The molecule has 1 unspecified atom stereocenters. The quantitative estimate of drug-likeness (QED) is 0.708. The lowest BCUT2D eigenvalue weighted by Gasteiger charge is -2.12. The Kier molecular flexibility index (Phi) is 5.23. The molecule has 1 nitrogen and oxygen atoms in total. The van der Waals surface area contributed by atoms with Gasteiger partial charge in [-0.15, -0.1) is 11.3 Å². The van der Waals surface area contributed by atoms with Crippen molar-refractivity contribution in [1.29, 1.82) is 0 Å². The summed E-state index contributed by atoms with van der Waals surface area (Å²) in [6.45, 7) is 4.42. The summed E-state index contributed by atoms with van der Waals surface area (Å²) in [6.07, 6.45) is 0.495. The van der Waals surface area contributed by atoms with Crippen LogP contribution in [-0.4, -0.2) is 5.11 Å². The molecule has 2 rings (SSSR count). The minimum atomic E-state index is -0.579. The van der Waals surface area contributed by atoms with E-state index in [-0.39, 0.29) is 0 Å². The summed E-state index contributed by atoms with van der Waals surface area (Å²) in [5, 5.41) is 10.4. The Hall–Kier alpha value is -0.160. The summed E-state index contributed by atoms with van der Waals surface area (Å²) < 4.78 is 1.99. The van der Waals surface area contributed by atoms with Gasteiger partial charge in [-0.2, -0.15) is 0 Å². The van der Waals surface area contributed by atoms with Gasteiger partial charge < -0.3 is 5.11 Å². The first-order chi connectivity index (χ1) is 8.97. The number of aliphatic hydroxyl groups excluding tert-OH is 1. The van der Waals surface area contributed by atoms with Gasteiger partial charge in [-0.1, -0.05) is 38.1 Å². The average molecular weight is 404 g/mol. The predicted molar refractivity (Wildman–Crippen MR) is 88.8 cm³/mol. The van der Waals surface area contributed by atoms with Crippen LogP contribution in [0.15, 0.2) is 37.9 Å². The van der Waals surface area contributed by atoms with Crippen molar-refractivity contribution in [1.82, 2.24) is 0 Å². The van der Waals surface area contributed by atoms with E-state index in [1.807, 2.05) is 18.2 Å². The zero-order valence-electron chi connectivity index (χ0n) is 10.9. The lowest BCUT2D eigenvalue weighted by atomic mass is 9.98. The summed E-state index contributed by atoms with van der Waals surface area (Å²) >= 11 is 8.51. The number of thiophene rings is 1. The van der Waals surface area contributed by atoms with Crippen molar-refractivity contribution >= 4 is 43.2 Å². The molecule has 1 heterocycles. The van der Waals surface area contributed by atoms with Gasteiger partial charge in [0.05, 0.1) is 7.57 Å². The molecule has 2 aromatic rings. The Bertz CT molecular complexity index is 546. The fourth-order valence-electron chi connectivity index (χ4n) is 2.03. The summed E-state index contributed by atoms with van der Waals surface area (Å²) in [7, 11) is 0. The maximum absolute atomic E-state index is 10.4. The summed E-state index contributed by atoms with van der Waals surface area (Å²) in [6, 6.07) is 10.2. The van der Waals surface area contributed by atoms with E-state index in [0.29, 0.717) is 5.92 Å². The highest BCUT2D eigenvalue weighted by Gasteiger charge is 2.16. The third-order valence-corrected chi connectivity index (χ3v) is 5.30. The van der Waals surface area contributed by atoms with E-state index < -0.39 is 6.10 Å². The zero-order chi connectivity index (χ0) is 14.0. The van der Waals surface area contributed by atoms with Crippen molar-refractivity contribution in [3.8, 4) is 0 Å². The second-order valence-corrected chi connectivity index (χ2v) is 8.77. The van der Waals surface area contributed by atoms with Crippen molar-refractivity contribution in [3.63, 3.8) is 0 Å². The second kappa shape index (κ2) is 6.53. The first kappa shape index (κ1) is 15.2. The normalized spacial score (nSPS) is 12.9. The SMILES string of the molecule is CC(C)Cc1ccc(C(O)c2cc(Br)sc2Br)cc1. The van der Waals surface area contributed by atoms with E-state index in [2.05, 4.69) is 57.8 Å². The molecule has 0 spiro atoms. The van der Waals surface area contributed by atoms with E-state index in [4.69, 9.17) is 0 Å². The summed E-state index contributed by atoms with van der Waals surface area (Å²) in [4.78, 5) is 0. The standard InChI is InChI=1S/C15H16Br2OS/c1-9(2)7-10-3-5-11(6-4-10)14(18)12-8-13(16)19-15(12)17/h3-6,8-9,14,18H,7H2,1-2H3. The Labute approximate surface area is 134 Å². The summed E-state index contributed by atoms with van der Waals surface area (Å²) in [5.41, 5.74) is 3.16. The van der Waals surface area contributed by atoms with E-state index in [1.165, 1.54) is 5.56 Å². The van der Waals surface area contributed by atoms with Gasteiger partial charge in [-0.25, -0.2) is 0 Å². The molecule has 4 heteroatoms. The summed E-state index contributed by atoms with van der Waals surface area (Å²) in [5.74, 6) is 0.651. The first-order valence-electron chi connectivity index (χ1n) is 6.19. The van der Waals surface area contributed by atoms with Crippen LogP contribution in [0.2, 0.25) is 0 Å². The van der Waals surface area contributed by atoms with E-state index in [1.54, 1.807) is 11.3 Å². The molecule has 102 valence electrons. The number of benzene rings is 1. The van der Waals surface area contributed by atoms with Crippen molar-refractivity contribution < 1.29 is 5.11 Å². The molecule has 19 heavy (non-hydrogen) atoms. The van der Waals surface area contributed by atoms with Gasteiger partial charge >= 0.3 is 0 Å². The smallest absolute Gasteiger partial charge is 0.106 e. The van der Waals surface area contributed by atoms with Gasteiger partial charge in [-0.05, 0) is 61.4 Å². The minimum absolute atomic E-state index is 0.579. The molecule has 1 aromatic heterocycles. The fraction of sp³-hybridized carbons (Fsp3) is 0.333. The van der Waals surface area contributed by atoms with Crippen molar-refractivity contribution in [3.05, 3.63) is 54.6 Å². The molecule has 0 fully saturated rings. The van der Waals surface area contributed by atoms with Crippen LogP contribution in [0.5, 0.6) is 0 Å². The molecule has 0 aliphatic heterocycles. The molecule has 0 radical (unpaired) electrons. The maximum Gasteiger partial charge on any atom is 0.106 e. The van der Waals surface area contributed by atoms with Crippen molar-refractivity contribution in [2.24, 2.45) is 5.92 Å². The van der Waals surface area contributed by atoms with E-state index in [0.717, 1.165) is 25.1 Å². The number of hydrogen-bond acceptors (Lipinski definition) is 2. The van der Waals surface area contributed by atoms with Gasteiger partial charge in [0.25, 0.3) is 0 Å². The van der Waals surface area contributed by atoms with Crippen LogP contribution >= 0.6 is 43.2 Å². The minimum Gasteiger partial charge on any atom is -0.384 e. The highest BCUT2D eigenvalue weighted by molar-refractivity contribution is 9.12. The van der Waals surface area contributed by atoms with Crippen LogP contribution < -0.4 is 0 Å². The highest BCUT2D eigenvalue weighted by Crippen LogP contribution is 2.37. The van der Waals surface area contributed by atoms with Gasteiger partial charge in [-0.3, -0.25) is 0 Å². The van der Waals surface area contributed by atoms with E-state index >= 15 is 0 Å². The molecule has 0 aliphatic rings. The van der Waals surface area contributed by atoms with Crippen molar-refractivity contribution in [2.75, 3.05) is 0 Å². The van der Waals surface area contributed by atoms with Crippen LogP contribution in [0.4, 0.5) is 0 Å². The van der Waals surface area contributed by atoms with Crippen molar-refractivity contribution in [2.45, 2.75) is 26.4 Å².